The number of urea groups is 1. The van der Waals surface area contributed by atoms with Gasteiger partial charge in [0.15, 0.2) is 0 Å². The average Bonchev–Trinajstić information content (AvgIpc) is 3.04. The third-order valence-electron chi connectivity index (χ3n) is 4.53. The van der Waals surface area contributed by atoms with Gasteiger partial charge in [-0.05, 0) is 25.0 Å². The summed E-state index contributed by atoms with van der Waals surface area (Å²) >= 11 is 0. The lowest BCUT2D eigenvalue weighted by atomic mass is 10.1. The van der Waals surface area contributed by atoms with E-state index in [2.05, 4.69) is 46.1 Å². The molecule has 6 nitrogen and oxygen atoms in total. The van der Waals surface area contributed by atoms with Gasteiger partial charge < -0.3 is 10.3 Å². The molecule has 0 spiro atoms. The predicted octanol–water partition coefficient (Wildman–Crippen LogP) is 4.03. The molecule has 0 radical (unpaired) electrons. The van der Waals surface area contributed by atoms with E-state index in [0.717, 1.165) is 37.8 Å². The molecule has 0 bridgehead atoms. The second-order valence-electron chi connectivity index (χ2n) is 6.37. The maximum atomic E-state index is 10.7. The lowest BCUT2D eigenvalue weighted by Gasteiger charge is -2.11. The number of nitrogens with zero attached hydrogens (tertiary/aromatic N) is 3. The van der Waals surface area contributed by atoms with E-state index < -0.39 is 6.03 Å². The number of rotatable bonds is 8. The van der Waals surface area contributed by atoms with Crippen molar-refractivity contribution in [3.63, 3.8) is 0 Å². The molecule has 0 unspecified atom stereocenters. The van der Waals surface area contributed by atoms with Gasteiger partial charge in [-0.1, -0.05) is 37.1 Å². The first-order chi connectivity index (χ1) is 12.7. The number of benzene rings is 1. The Labute approximate surface area is 152 Å². The molecule has 2 aromatic heterocycles. The Bertz CT molecular complexity index is 861. The number of nitrogens with two attached hydrogens (primary N) is 1. The van der Waals surface area contributed by atoms with Crippen molar-refractivity contribution in [2.24, 2.45) is 5.73 Å². The van der Waals surface area contributed by atoms with Crippen LogP contribution in [0.2, 0.25) is 0 Å². The molecule has 0 aliphatic rings. The van der Waals surface area contributed by atoms with Gasteiger partial charge in [0.05, 0.1) is 6.54 Å². The molecule has 0 saturated heterocycles. The number of amides is 2. The highest BCUT2D eigenvalue weighted by molar-refractivity contribution is 5.95. The molecule has 3 aromatic rings. The van der Waals surface area contributed by atoms with Crippen LogP contribution in [0, 0.1) is 0 Å². The van der Waals surface area contributed by atoms with Gasteiger partial charge in [-0.15, -0.1) is 0 Å². The van der Waals surface area contributed by atoms with E-state index in [1.807, 2.05) is 12.3 Å². The summed E-state index contributed by atoms with van der Waals surface area (Å²) in [6.07, 6.45) is 9.63. The van der Waals surface area contributed by atoms with Crippen molar-refractivity contribution in [2.75, 3.05) is 6.54 Å². The molecule has 2 amide bonds. The highest BCUT2D eigenvalue weighted by Gasteiger charge is 2.10. The Balaban J connectivity index is 1.61. The quantitative estimate of drug-likeness (QED) is 0.365. The van der Waals surface area contributed by atoms with E-state index in [4.69, 9.17) is 5.73 Å². The third-order valence-corrected chi connectivity index (χ3v) is 4.53. The van der Waals surface area contributed by atoms with Crippen molar-refractivity contribution < 1.29 is 10.0 Å². The van der Waals surface area contributed by atoms with Crippen LogP contribution in [0.5, 0.6) is 0 Å². The smallest absolute Gasteiger partial charge is 0.338 e. The van der Waals surface area contributed by atoms with Gasteiger partial charge in [0.1, 0.15) is 0 Å². The number of hydroxylamine groups is 2. The maximum absolute atomic E-state index is 10.7. The molecule has 0 aliphatic carbocycles. The predicted molar refractivity (Wildman–Crippen MR) is 102 cm³/mol. The van der Waals surface area contributed by atoms with Gasteiger partial charge in [0, 0.05) is 47.2 Å². The van der Waals surface area contributed by atoms with Crippen LogP contribution >= 0.6 is 0 Å². The standard InChI is InChI=1S/C20H24N4O2/c21-20(25)24(26)13-6-2-1-5-12-23-15-18(16-8-7-11-22-14-16)17-9-3-4-10-19(17)23/h3-4,7-11,14-15,26H,1-2,5-6,12-13H2,(H2,21,25). The molecule has 6 heteroatoms. The number of pyridine rings is 1. The fourth-order valence-electron chi connectivity index (χ4n) is 3.19. The normalized spacial score (nSPS) is 11.0. The number of unbranched alkanes of at least 4 members (excludes halogenated alkanes) is 3. The maximum Gasteiger partial charge on any atom is 0.338 e. The van der Waals surface area contributed by atoms with Gasteiger partial charge in [-0.2, -0.15) is 0 Å². The lowest BCUT2D eigenvalue weighted by molar-refractivity contribution is -0.0403. The number of primary amides is 1. The molecule has 0 atom stereocenters. The fourth-order valence-corrected chi connectivity index (χ4v) is 3.19. The summed E-state index contributed by atoms with van der Waals surface area (Å²) in [6.45, 7) is 1.21. The van der Waals surface area contributed by atoms with Crippen molar-refractivity contribution >= 4 is 16.9 Å². The van der Waals surface area contributed by atoms with Gasteiger partial charge >= 0.3 is 6.03 Å². The molecule has 2 heterocycles. The Morgan fingerprint density at radius 2 is 1.92 bits per heavy atom. The number of hydrogen-bond donors (Lipinski definition) is 2. The SMILES string of the molecule is NC(=O)N(O)CCCCCCn1cc(-c2cccnc2)c2ccccc21. The van der Waals surface area contributed by atoms with E-state index in [0.29, 0.717) is 5.06 Å². The number of para-hydroxylation sites is 1. The summed E-state index contributed by atoms with van der Waals surface area (Å²) in [6, 6.07) is 11.7. The van der Waals surface area contributed by atoms with Crippen molar-refractivity contribution in [1.82, 2.24) is 14.6 Å². The summed E-state index contributed by atoms with van der Waals surface area (Å²) < 4.78 is 2.29. The minimum atomic E-state index is -0.799. The molecule has 26 heavy (non-hydrogen) atoms. The van der Waals surface area contributed by atoms with E-state index in [9.17, 15) is 10.0 Å². The van der Waals surface area contributed by atoms with Crippen LogP contribution < -0.4 is 5.73 Å². The average molecular weight is 352 g/mol. The zero-order valence-corrected chi connectivity index (χ0v) is 14.7. The first-order valence-electron chi connectivity index (χ1n) is 8.91. The Morgan fingerprint density at radius 1 is 1.12 bits per heavy atom. The van der Waals surface area contributed by atoms with Crippen molar-refractivity contribution in [3.05, 3.63) is 55.0 Å². The first-order valence-corrected chi connectivity index (χ1v) is 8.91. The van der Waals surface area contributed by atoms with E-state index in [1.165, 1.54) is 16.5 Å². The van der Waals surface area contributed by atoms with Crippen LogP contribution in [0.25, 0.3) is 22.0 Å². The van der Waals surface area contributed by atoms with Crippen molar-refractivity contribution in [2.45, 2.75) is 32.2 Å². The highest BCUT2D eigenvalue weighted by Crippen LogP contribution is 2.30. The number of carbonyl (C=O) groups excluding carboxylic acids is 1. The molecule has 3 N–H and O–H groups in total. The molecular formula is C20H24N4O2. The van der Waals surface area contributed by atoms with Gasteiger partial charge in [0.25, 0.3) is 0 Å². The zero-order chi connectivity index (χ0) is 18.4. The molecular weight excluding hydrogens is 328 g/mol. The van der Waals surface area contributed by atoms with Gasteiger partial charge in [-0.3, -0.25) is 10.2 Å². The largest absolute Gasteiger partial charge is 0.350 e. The summed E-state index contributed by atoms with van der Waals surface area (Å²) in [5.74, 6) is 0. The van der Waals surface area contributed by atoms with Crippen LogP contribution in [0.1, 0.15) is 25.7 Å². The number of carbonyl (C=O) groups is 1. The summed E-state index contributed by atoms with van der Waals surface area (Å²) in [4.78, 5) is 15.0. The number of aromatic nitrogens is 2. The summed E-state index contributed by atoms with van der Waals surface area (Å²) in [5.41, 5.74) is 8.53. The third kappa shape index (κ3) is 4.21. The van der Waals surface area contributed by atoms with Crippen LogP contribution in [0.3, 0.4) is 0 Å². The van der Waals surface area contributed by atoms with Crippen LogP contribution in [-0.2, 0) is 6.54 Å². The second kappa shape index (κ2) is 8.49. The summed E-state index contributed by atoms with van der Waals surface area (Å²) in [7, 11) is 0. The molecule has 0 fully saturated rings. The molecule has 136 valence electrons. The molecule has 0 aliphatic heterocycles. The van der Waals surface area contributed by atoms with Crippen LogP contribution in [0.15, 0.2) is 55.0 Å². The van der Waals surface area contributed by atoms with Crippen LogP contribution in [-0.4, -0.2) is 32.4 Å². The fraction of sp³-hybridized carbons (Fsp3) is 0.300. The number of hydrogen-bond acceptors (Lipinski definition) is 3. The first kappa shape index (κ1) is 17.9. The number of aryl methyl sites for hydroxylation is 1. The number of fused-ring (bicyclic) bond motifs is 1. The Hall–Kier alpha value is -2.86. The zero-order valence-electron chi connectivity index (χ0n) is 14.7. The lowest BCUT2D eigenvalue weighted by Crippen LogP contribution is -2.33. The van der Waals surface area contributed by atoms with E-state index in [-0.39, 0.29) is 6.54 Å². The van der Waals surface area contributed by atoms with Gasteiger partial charge in [0.2, 0.25) is 0 Å². The molecule has 0 saturated carbocycles. The molecule has 3 rings (SSSR count). The Kier molecular flexibility index (Phi) is 5.86. The highest BCUT2D eigenvalue weighted by atomic mass is 16.5. The van der Waals surface area contributed by atoms with Crippen molar-refractivity contribution in [3.8, 4) is 11.1 Å². The van der Waals surface area contributed by atoms with Crippen LogP contribution in [0.4, 0.5) is 4.79 Å². The minimum Gasteiger partial charge on any atom is -0.350 e. The van der Waals surface area contributed by atoms with Gasteiger partial charge in [-0.25, -0.2) is 9.86 Å². The molecule has 1 aromatic carbocycles. The van der Waals surface area contributed by atoms with E-state index in [1.54, 1.807) is 6.20 Å². The second-order valence-corrected chi connectivity index (χ2v) is 6.37. The monoisotopic (exact) mass is 352 g/mol. The van der Waals surface area contributed by atoms with Crippen molar-refractivity contribution in [1.29, 1.82) is 0 Å². The minimum absolute atomic E-state index is 0.285. The van der Waals surface area contributed by atoms with E-state index >= 15 is 0 Å². The Morgan fingerprint density at radius 3 is 2.69 bits per heavy atom. The topological polar surface area (TPSA) is 84.4 Å². The summed E-state index contributed by atoms with van der Waals surface area (Å²) in [5, 5.41) is 11.0.